The Morgan fingerprint density at radius 3 is 3.07 bits per heavy atom. The van der Waals surface area contributed by atoms with Gasteiger partial charge in [-0.15, -0.1) is 0 Å². The molecule has 1 amide bonds. The van der Waals surface area contributed by atoms with Crippen molar-refractivity contribution < 1.29 is 9.90 Å². The minimum atomic E-state index is -0.493. The van der Waals surface area contributed by atoms with Gasteiger partial charge >= 0.3 is 0 Å². The first-order chi connectivity index (χ1) is 7.18. The van der Waals surface area contributed by atoms with Crippen LogP contribution >= 0.6 is 0 Å². The van der Waals surface area contributed by atoms with Gasteiger partial charge in [-0.2, -0.15) is 0 Å². The van der Waals surface area contributed by atoms with Gasteiger partial charge in [-0.1, -0.05) is 6.07 Å². The Hall–Kier alpha value is -1.42. The molecule has 1 heterocycles. The number of nitrogens with one attached hydrogen (secondary N) is 1. The number of hydrogen-bond acceptors (Lipinski definition) is 3. The second-order valence-electron chi connectivity index (χ2n) is 3.51. The number of pyridine rings is 1. The Balaban J connectivity index is 2.23. The largest absolute Gasteiger partial charge is 0.392 e. The number of rotatable bonds is 5. The topological polar surface area (TPSA) is 62.2 Å². The van der Waals surface area contributed by atoms with Gasteiger partial charge in [-0.3, -0.25) is 9.78 Å². The fourth-order valence-corrected chi connectivity index (χ4v) is 1.15. The summed E-state index contributed by atoms with van der Waals surface area (Å²) in [5.74, 6) is -0.0419. The number of aliphatic hydroxyl groups excluding tert-OH is 1. The summed E-state index contributed by atoms with van der Waals surface area (Å²) in [6.07, 6.45) is 4.07. The summed E-state index contributed by atoms with van der Waals surface area (Å²) in [5.41, 5.74) is 1.05. The van der Waals surface area contributed by atoms with E-state index in [9.17, 15) is 4.79 Å². The maximum Gasteiger partial charge on any atom is 0.220 e. The van der Waals surface area contributed by atoms with Crippen LogP contribution in [0.3, 0.4) is 0 Å². The van der Waals surface area contributed by atoms with Crippen molar-refractivity contribution in [1.82, 2.24) is 10.3 Å². The van der Waals surface area contributed by atoms with Gasteiger partial charge in [-0.05, 0) is 25.0 Å². The van der Waals surface area contributed by atoms with Gasteiger partial charge in [-0.25, -0.2) is 0 Å². The first-order valence-corrected chi connectivity index (χ1v) is 5.02. The summed E-state index contributed by atoms with van der Waals surface area (Å²) in [6.45, 7) is 1.95. The number of nitrogens with zero attached hydrogens (tertiary/aromatic N) is 1. The van der Waals surface area contributed by atoms with Crippen molar-refractivity contribution in [2.24, 2.45) is 0 Å². The van der Waals surface area contributed by atoms with Gasteiger partial charge < -0.3 is 10.4 Å². The van der Waals surface area contributed by atoms with Gasteiger partial charge in [0.15, 0.2) is 0 Å². The molecule has 4 heteroatoms. The molecule has 2 N–H and O–H groups in total. The number of hydrogen-bond donors (Lipinski definition) is 2. The predicted molar refractivity (Wildman–Crippen MR) is 57.2 cm³/mol. The average Bonchev–Trinajstić information content (AvgIpc) is 2.25. The fraction of sp³-hybridized carbons (Fsp3) is 0.455. The van der Waals surface area contributed by atoms with E-state index < -0.39 is 6.10 Å². The van der Waals surface area contributed by atoms with Gasteiger partial charge in [0.05, 0.1) is 6.10 Å². The lowest BCUT2D eigenvalue weighted by atomic mass is 10.1. The van der Waals surface area contributed by atoms with Crippen LogP contribution in [0.1, 0.15) is 18.9 Å². The zero-order valence-electron chi connectivity index (χ0n) is 8.81. The summed E-state index contributed by atoms with van der Waals surface area (Å²) in [5, 5.41) is 11.6. The Labute approximate surface area is 89.3 Å². The molecule has 0 fully saturated rings. The highest BCUT2D eigenvalue weighted by Crippen LogP contribution is 1.99. The van der Waals surface area contributed by atoms with Crippen LogP contribution in [0.25, 0.3) is 0 Å². The first kappa shape index (κ1) is 11.7. The molecule has 15 heavy (non-hydrogen) atoms. The molecule has 0 bridgehead atoms. The van der Waals surface area contributed by atoms with Crippen LogP contribution in [0, 0.1) is 0 Å². The number of carbonyl (C=O) groups is 1. The molecule has 0 aliphatic heterocycles. The molecule has 1 aromatic heterocycles. The van der Waals surface area contributed by atoms with Crippen LogP contribution in [0.5, 0.6) is 0 Å². The second kappa shape index (κ2) is 6.14. The SMILES string of the molecule is C[C@H](O)CNC(=O)CCc1cccnc1. The first-order valence-electron chi connectivity index (χ1n) is 5.02. The van der Waals surface area contributed by atoms with Crippen LogP contribution in [0.15, 0.2) is 24.5 Å². The fourth-order valence-electron chi connectivity index (χ4n) is 1.15. The summed E-state index contributed by atoms with van der Waals surface area (Å²) in [6, 6.07) is 3.79. The molecule has 0 aromatic carbocycles. The van der Waals surface area contributed by atoms with E-state index in [1.165, 1.54) is 0 Å². The minimum absolute atomic E-state index is 0.0419. The lowest BCUT2D eigenvalue weighted by molar-refractivity contribution is -0.121. The van der Waals surface area contributed by atoms with Crippen molar-refractivity contribution in [1.29, 1.82) is 0 Å². The van der Waals surface area contributed by atoms with Gasteiger partial charge in [0, 0.05) is 25.4 Å². The van der Waals surface area contributed by atoms with Crippen LogP contribution in [0.2, 0.25) is 0 Å². The zero-order chi connectivity index (χ0) is 11.1. The third-order valence-electron chi connectivity index (χ3n) is 1.96. The molecule has 0 spiro atoms. The maximum absolute atomic E-state index is 11.3. The summed E-state index contributed by atoms with van der Waals surface area (Å²) in [4.78, 5) is 15.2. The van der Waals surface area contributed by atoms with E-state index in [4.69, 9.17) is 5.11 Å². The van der Waals surface area contributed by atoms with Crippen LogP contribution in [0.4, 0.5) is 0 Å². The van der Waals surface area contributed by atoms with Crippen LogP contribution in [-0.4, -0.2) is 28.6 Å². The van der Waals surface area contributed by atoms with E-state index >= 15 is 0 Å². The number of aryl methyl sites for hydroxylation is 1. The lowest BCUT2D eigenvalue weighted by Crippen LogP contribution is -2.30. The molecule has 4 nitrogen and oxygen atoms in total. The van der Waals surface area contributed by atoms with E-state index in [0.717, 1.165) is 5.56 Å². The number of aromatic nitrogens is 1. The van der Waals surface area contributed by atoms with Crippen molar-refractivity contribution in [3.63, 3.8) is 0 Å². The Bertz CT molecular complexity index is 299. The van der Waals surface area contributed by atoms with Crippen molar-refractivity contribution in [2.75, 3.05) is 6.54 Å². The van der Waals surface area contributed by atoms with Crippen LogP contribution < -0.4 is 5.32 Å². The smallest absolute Gasteiger partial charge is 0.220 e. The maximum atomic E-state index is 11.3. The minimum Gasteiger partial charge on any atom is -0.392 e. The van der Waals surface area contributed by atoms with Gasteiger partial charge in [0.2, 0.25) is 5.91 Å². The molecule has 0 aliphatic rings. The standard InChI is InChI=1S/C11H16N2O2/c1-9(14)7-13-11(15)5-4-10-3-2-6-12-8-10/h2-3,6,8-9,14H,4-5,7H2,1H3,(H,13,15)/t9-/m0/s1. The van der Waals surface area contributed by atoms with Crippen molar-refractivity contribution in [3.05, 3.63) is 30.1 Å². The normalized spacial score (nSPS) is 12.1. The Morgan fingerprint density at radius 1 is 1.67 bits per heavy atom. The average molecular weight is 208 g/mol. The van der Waals surface area contributed by atoms with Crippen LogP contribution in [-0.2, 0) is 11.2 Å². The highest BCUT2D eigenvalue weighted by Gasteiger charge is 2.03. The third-order valence-corrected chi connectivity index (χ3v) is 1.96. The number of carbonyl (C=O) groups excluding carboxylic acids is 1. The van der Waals surface area contributed by atoms with E-state index in [0.29, 0.717) is 19.4 Å². The highest BCUT2D eigenvalue weighted by molar-refractivity contribution is 5.76. The lowest BCUT2D eigenvalue weighted by Gasteiger charge is -2.06. The second-order valence-corrected chi connectivity index (χ2v) is 3.51. The van der Waals surface area contributed by atoms with E-state index in [2.05, 4.69) is 10.3 Å². The van der Waals surface area contributed by atoms with E-state index in [1.54, 1.807) is 19.3 Å². The molecule has 1 rings (SSSR count). The van der Waals surface area contributed by atoms with Crippen molar-refractivity contribution in [3.8, 4) is 0 Å². The molecular formula is C11H16N2O2. The molecule has 0 saturated heterocycles. The van der Waals surface area contributed by atoms with E-state index in [-0.39, 0.29) is 5.91 Å². The quantitative estimate of drug-likeness (QED) is 0.741. The molecule has 0 aliphatic carbocycles. The molecule has 1 atom stereocenters. The Kier molecular flexibility index (Phi) is 4.77. The van der Waals surface area contributed by atoms with Crippen molar-refractivity contribution >= 4 is 5.91 Å². The summed E-state index contributed by atoms with van der Waals surface area (Å²) >= 11 is 0. The van der Waals surface area contributed by atoms with E-state index in [1.807, 2.05) is 12.1 Å². The molecule has 0 unspecified atom stereocenters. The Morgan fingerprint density at radius 2 is 2.47 bits per heavy atom. The molecule has 1 aromatic rings. The molecule has 0 radical (unpaired) electrons. The molecular weight excluding hydrogens is 192 g/mol. The third kappa shape index (κ3) is 5.12. The van der Waals surface area contributed by atoms with Gasteiger partial charge in [0.25, 0.3) is 0 Å². The molecule has 82 valence electrons. The summed E-state index contributed by atoms with van der Waals surface area (Å²) in [7, 11) is 0. The van der Waals surface area contributed by atoms with Crippen molar-refractivity contribution in [2.45, 2.75) is 25.9 Å². The summed E-state index contributed by atoms with van der Waals surface area (Å²) < 4.78 is 0. The monoisotopic (exact) mass is 208 g/mol. The zero-order valence-corrected chi connectivity index (χ0v) is 8.81. The van der Waals surface area contributed by atoms with Gasteiger partial charge in [0.1, 0.15) is 0 Å². The predicted octanol–water partition coefficient (Wildman–Crippen LogP) is 0.511. The molecule has 0 saturated carbocycles. The number of aliphatic hydroxyl groups is 1. The highest BCUT2D eigenvalue weighted by atomic mass is 16.3. The number of amides is 1.